The molecule has 0 saturated carbocycles. The molecule has 88 valence electrons. The lowest BCUT2D eigenvalue weighted by Gasteiger charge is -2.09. The van der Waals surface area contributed by atoms with Crippen molar-refractivity contribution in [1.29, 1.82) is 0 Å². The Morgan fingerprint density at radius 2 is 1.82 bits per heavy atom. The van der Waals surface area contributed by atoms with Crippen molar-refractivity contribution in [1.82, 2.24) is 0 Å². The lowest BCUT2D eigenvalue weighted by atomic mass is 10.3. The molecule has 17 heavy (non-hydrogen) atoms. The molecule has 0 aliphatic rings. The van der Waals surface area contributed by atoms with Crippen LogP contribution in [0.1, 0.15) is 0 Å². The fourth-order valence-electron chi connectivity index (χ4n) is 1.30. The molecule has 2 aromatic rings. The Labute approximate surface area is 102 Å². The minimum Gasteiger partial charge on any atom is -0.449 e. The van der Waals surface area contributed by atoms with Crippen LogP contribution in [-0.4, -0.2) is 0 Å². The van der Waals surface area contributed by atoms with E-state index in [-0.39, 0.29) is 22.2 Å². The Hall–Kier alpha value is -1.81. The highest BCUT2D eigenvalue weighted by Gasteiger charge is 2.11. The highest BCUT2D eigenvalue weighted by molar-refractivity contribution is 6.30. The molecule has 0 aromatic heterocycles. The lowest BCUT2D eigenvalue weighted by Crippen LogP contribution is -1.96. The smallest absolute Gasteiger partial charge is 0.186 e. The molecule has 0 aliphatic carbocycles. The van der Waals surface area contributed by atoms with Crippen molar-refractivity contribution < 1.29 is 13.5 Å². The predicted molar refractivity (Wildman–Crippen MR) is 62.3 cm³/mol. The molecule has 0 aliphatic heterocycles. The van der Waals surface area contributed by atoms with Gasteiger partial charge < -0.3 is 10.5 Å². The van der Waals surface area contributed by atoms with Gasteiger partial charge in [-0.1, -0.05) is 17.7 Å². The van der Waals surface area contributed by atoms with Crippen LogP contribution < -0.4 is 10.5 Å². The maximum Gasteiger partial charge on any atom is 0.186 e. The Morgan fingerprint density at radius 3 is 2.47 bits per heavy atom. The van der Waals surface area contributed by atoms with E-state index in [2.05, 4.69) is 0 Å². The summed E-state index contributed by atoms with van der Waals surface area (Å²) >= 11 is 5.59. The van der Waals surface area contributed by atoms with Gasteiger partial charge in [0, 0.05) is 5.02 Å². The van der Waals surface area contributed by atoms with Gasteiger partial charge in [0.2, 0.25) is 0 Å². The number of para-hydroxylation sites is 1. The van der Waals surface area contributed by atoms with Crippen molar-refractivity contribution in [2.24, 2.45) is 0 Å². The Morgan fingerprint density at radius 1 is 1.06 bits per heavy atom. The quantitative estimate of drug-likeness (QED) is 0.824. The number of anilines is 1. The molecule has 2 aromatic carbocycles. The van der Waals surface area contributed by atoms with Crippen LogP contribution in [0.2, 0.25) is 5.02 Å². The molecule has 5 heteroatoms. The zero-order valence-electron chi connectivity index (χ0n) is 8.58. The molecular weight excluding hydrogens is 248 g/mol. The first-order chi connectivity index (χ1) is 8.08. The summed E-state index contributed by atoms with van der Waals surface area (Å²) < 4.78 is 31.9. The van der Waals surface area contributed by atoms with Crippen molar-refractivity contribution in [3.63, 3.8) is 0 Å². The Balaban J connectivity index is 2.38. The van der Waals surface area contributed by atoms with E-state index < -0.39 is 11.6 Å². The number of halogens is 3. The molecule has 0 fully saturated rings. The van der Waals surface area contributed by atoms with E-state index in [4.69, 9.17) is 22.1 Å². The van der Waals surface area contributed by atoms with E-state index >= 15 is 0 Å². The van der Waals surface area contributed by atoms with E-state index in [1.54, 1.807) is 0 Å². The monoisotopic (exact) mass is 255 g/mol. The summed E-state index contributed by atoms with van der Waals surface area (Å²) in [6.07, 6.45) is 0. The minimum absolute atomic E-state index is 0.0966. The van der Waals surface area contributed by atoms with Crippen molar-refractivity contribution in [2.75, 3.05) is 5.73 Å². The number of nitrogen functional groups attached to an aromatic ring is 1. The van der Waals surface area contributed by atoms with Crippen molar-refractivity contribution in [3.8, 4) is 11.5 Å². The summed E-state index contributed by atoms with van der Waals surface area (Å²) in [4.78, 5) is 0. The van der Waals surface area contributed by atoms with Gasteiger partial charge >= 0.3 is 0 Å². The van der Waals surface area contributed by atoms with Crippen LogP contribution in [0.4, 0.5) is 14.5 Å². The standard InChI is InChI=1S/C12H8ClF2NO/c13-7-4-5-11(9(15)6-7)17-12-8(14)2-1-3-10(12)16/h1-6H,16H2. The maximum atomic E-state index is 13.4. The maximum absolute atomic E-state index is 13.4. The zero-order valence-corrected chi connectivity index (χ0v) is 9.34. The van der Waals surface area contributed by atoms with Crippen LogP contribution in [0.3, 0.4) is 0 Å². The summed E-state index contributed by atoms with van der Waals surface area (Å²) in [6, 6.07) is 7.91. The lowest BCUT2D eigenvalue weighted by molar-refractivity contribution is 0.417. The van der Waals surface area contributed by atoms with Crippen LogP contribution in [0.25, 0.3) is 0 Å². The molecule has 0 heterocycles. The SMILES string of the molecule is Nc1cccc(F)c1Oc1ccc(Cl)cc1F. The average Bonchev–Trinajstić information content (AvgIpc) is 2.26. The molecule has 0 saturated heterocycles. The molecule has 0 atom stereocenters. The van der Waals surface area contributed by atoms with Crippen molar-refractivity contribution >= 4 is 17.3 Å². The Bertz CT molecular complexity index is 540. The van der Waals surface area contributed by atoms with Crippen LogP contribution >= 0.6 is 11.6 Å². The third-order valence-electron chi connectivity index (χ3n) is 2.10. The van der Waals surface area contributed by atoms with Gasteiger partial charge in [-0.2, -0.15) is 0 Å². The second kappa shape index (κ2) is 4.59. The second-order valence-electron chi connectivity index (χ2n) is 3.33. The first-order valence-electron chi connectivity index (χ1n) is 4.75. The van der Waals surface area contributed by atoms with Crippen LogP contribution in [0.15, 0.2) is 36.4 Å². The third kappa shape index (κ3) is 2.47. The van der Waals surface area contributed by atoms with Gasteiger partial charge in [0.1, 0.15) is 0 Å². The zero-order chi connectivity index (χ0) is 12.4. The predicted octanol–water partition coefficient (Wildman–Crippen LogP) is 3.99. The number of benzene rings is 2. The average molecular weight is 256 g/mol. The second-order valence-corrected chi connectivity index (χ2v) is 3.77. The van der Waals surface area contributed by atoms with E-state index in [0.29, 0.717) is 0 Å². The summed E-state index contributed by atoms with van der Waals surface area (Å²) in [5.74, 6) is -1.67. The molecule has 0 radical (unpaired) electrons. The molecular formula is C12H8ClF2NO. The molecule has 0 spiro atoms. The van der Waals surface area contributed by atoms with E-state index in [0.717, 1.165) is 6.07 Å². The molecule has 2 N–H and O–H groups in total. The van der Waals surface area contributed by atoms with E-state index in [1.165, 1.54) is 30.3 Å². The normalized spacial score (nSPS) is 10.3. The third-order valence-corrected chi connectivity index (χ3v) is 2.34. The minimum atomic E-state index is -0.680. The van der Waals surface area contributed by atoms with Gasteiger partial charge in [-0.05, 0) is 30.3 Å². The van der Waals surface area contributed by atoms with Crippen molar-refractivity contribution in [2.45, 2.75) is 0 Å². The number of hydrogen-bond acceptors (Lipinski definition) is 2. The van der Waals surface area contributed by atoms with Crippen LogP contribution in [0, 0.1) is 11.6 Å². The number of rotatable bonds is 2. The first kappa shape index (κ1) is 11.7. The van der Waals surface area contributed by atoms with Gasteiger partial charge in [0.25, 0.3) is 0 Å². The highest BCUT2D eigenvalue weighted by Crippen LogP contribution is 2.32. The number of nitrogens with two attached hydrogens (primary N) is 1. The first-order valence-corrected chi connectivity index (χ1v) is 5.12. The topological polar surface area (TPSA) is 35.2 Å². The van der Waals surface area contributed by atoms with Crippen LogP contribution in [0.5, 0.6) is 11.5 Å². The van der Waals surface area contributed by atoms with Gasteiger partial charge in [-0.3, -0.25) is 0 Å². The van der Waals surface area contributed by atoms with Crippen molar-refractivity contribution in [3.05, 3.63) is 53.1 Å². The van der Waals surface area contributed by atoms with E-state index in [9.17, 15) is 8.78 Å². The van der Waals surface area contributed by atoms with E-state index in [1.807, 2.05) is 0 Å². The summed E-state index contributed by atoms with van der Waals surface area (Å²) in [6.45, 7) is 0. The van der Waals surface area contributed by atoms with Gasteiger partial charge in [-0.25, -0.2) is 8.78 Å². The fourth-order valence-corrected chi connectivity index (χ4v) is 1.46. The Kier molecular flexibility index (Phi) is 3.15. The molecule has 2 rings (SSSR count). The van der Waals surface area contributed by atoms with Gasteiger partial charge in [0.05, 0.1) is 5.69 Å². The van der Waals surface area contributed by atoms with Crippen LogP contribution in [-0.2, 0) is 0 Å². The largest absolute Gasteiger partial charge is 0.449 e. The molecule has 0 bridgehead atoms. The fraction of sp³-hybridized carbons (Fsp3) is 0. The highest BCUT2D eigenvalue weighted by atomic mass is 35.5. The molecule has 2 nitrogen and oxygen atoms in total. The summed E-state index contributed by atoms with van der Waals surface area (Å²) in [5, 5.41) is 0.233. The van der Waals surface area contributed by atoms with Gasteiger partial charge in [0.15, 0.2) is 23.1 Å². The molecule has 0 unspecified atom stereocenters. The number of ether oxygens (including phenoxy) is 1. The summed E-state index contributed by atoms with van der Waals surface area (Å²) in [7, 11) is 0. The molecule has 0 amide bonds. The summed E-state index contributed by atoms with van der Waals surface area (Å²) in [5.41, 5.74) is 5.63. The number of hydrogen-bond donors (Lipinski definition) is 1. The van der Waals surface area contributed by atoms with Gasteiger partial charge in [-0.15, -0.1) is 0 Å².